The van der Waals surface area contributed by atoms with E-state index in [1.165, 1.54) is 5.56 Å². The number of aromatic nitrogens is 2. The Morgan fingerprint density at radius 1 is 1.43 bits per heavy atom. The molecule has 2 aromatic rings. The lowest BCUT2D eigenvalue weighted by atomic mass is 10.0. The Kier molecular flexibility index (Phi) is 1.54. The minimum Gasteiger partial charge on any atom is -0.493 e. The summed E-state index contributed by atoms with van der Waals surface area (Å²) in [6.45, 7) is 2.82. The number of benzene rings is 1. The van der Waals surface area contributed by atoms with Crippen LogP contribution in [0.3, 0.4) is 0 Å². The molecule has 1 aliphatic heterocycles. The lowest BCUT2D eigenvalue weighted by Crippen LogP contribution is -2.08. The molecule has 1 aromatic heterocycles. The maximum absolute atomic E-state index is 5.59. The van der Waals surface area contributed by atoms with Gasteiger partial charge in [0.15, 0.2) is 0 Å². The molecule has 0 amide bonds. The summed E-state index contributed by atoms with van der Waals surface area (Å²) in [5, 5.41) is 0. The zero-order chi connectivity index (χ0) is 9.54. The lowest BCUT2D eigenvalue weighted by molar-refractivity contribution is 0.289. The maximum Gasteiger partial charge on any atom is 0.124 e. The molecule has 3 rings (SSSR count). The summed E-state index contributed by atoms with van der Waals surface area (Å²) in [5.41, 5.74) is 3.49. The molecule has 1 aliphatic rings. The van der Waals surface area contributed by atoms with Crippen LogP contribution in [0.2, 0.25) is 0 Å². The van der Waals surface area contributed by atoms with Crippen molar-refractivity contribution in [3.8, 4) is 5.75 Å². The summed E-state index contributed by atoms with van der Waals surface area (Å²) < 4.78 is 5.59. The number of nitrogens with zero attached hydrogens (tertiary/aromatic N) is 1. The number of aromatic amines is 1. The number of hydrogen-bond donors (Lipinski definition) is 1. The van der Waals surface area contributed by atoms with Crippen molar-refractivity contribution in [1.29, 1.82) is 0 Å². The number of fused-ring (bicyclic) bond motifs is 3. The molecule has 3 nitrogen and oxygen atoms in total. The predicted molar refractivity (Wildman–Crippen MR) is 54.6 cm³/mol. The quantitative estimate of drug-likeness (QED) is 0.688. The van der Waals surface area contributed by atoms with E-state index >= 15 is 0 Å². The van der Waals surface area contributed by atoms with Crippen molar-refractivity contribution >= 4 is 11.0 Å². The number of nitrogens with one attached hydrogen (secondary N) is 1. The van der Waals surface area contributed by atoms with Crippen LogP contribution in [0.25, 0.3) is 11.0 Å². The van der Waals surface area contributed by atoms with Crippen LogP contribution in [-0.2, 0) is 6.42 Å². The maximum atomic E-state index is 5.59. The largest absolute Gasteiger partial charge is 0.493 e. The Labute approximate surface area is 82.1 Å². The van der Waals surface area contributed by atoms with E-state index in [-0.39, 0.29) is 0 Å². The zero-order valence-corrected chi connectivity index (χ0v) is 8.13. The van der Waals surface area contributed by atoms with Crippen LogP contribution in [0, 0.1) is 6.92 Å². The molecule has 2 heterocycles. The first kappa shape index (κ1) is 7.85. The molecule has 1 aromatic carbocycles. The van der Waals surface area contributed by atoms with E-state index in [9.17, 15) is 0 Å². The monoisotopic (exact) mass is 188 g/mol. The first-order valence-electron chi connectivity index (χ1n) is 4.95. The van der Waals surface area contributed by atoms with E-state index in [0.29, 0.717) is 0 Å². The Morgan fingerprint density at radius 3 is 3.29 bits per heavy atom. The van der Waals surface area contributed by atoms with E-state index in [1.54, 1.807) is 0 Å². The second-order valence-corrected chi connectivity index (χ2v) is 3.71. The second kappa shape index (κ2) is 2.74. The number of hydrogen-bond acceptors (Lipinski definition) is 2. The molecule has 0 saturated heterocycles. The van der Waals surface area contributed by atoms with E-state index in [1.807, 2.05) is 19.1 Å². The van der Waals surface area contributed by atoms with Crippen molar-refractivity contribution in [3.05, 3.63) is 23.5 Å². The summed E-state index contributed by atoms with van der Waals surface area (Å²) in [6.07, 6.45) is 2.19. The van der Waals surface area contributed by atoms with Gasteiger partial charge in [-0.2, -0.15) is 0 Å². The molecule has 1 N–H and O–H groups in total. The van der Waals surface area contributed by atoms with Gasteiger partial charge in [0.1, 0.15) is 11.6 Å². The van der Waals surface area contributed by atoms with Gasteiger partial charge in [0.05, 0.1) is 17.6 Å². The Balaban J connectivity index is 2.33. The van der Waals surface area contributed by atoms with Crippen molar-refractivity contribution in [2.24, 2.45) is 0 Å². The molecule has 0 aliphatic carbocycles. The highest BCUT2D eigenvalue weighted by molar-refractivity contribution is 5.81. The van der Waals surface area contributed by atoms with E-state index in [4.69, 9.17) is 4.74 Å². The van der Waals surface area contributed by atoms with Crippen LogP contribution in [0.1, 0.15) is 17.8 Å². The molecule has 0 fully saturated rings. The average Bonchev–Trinajstić information content (AvgIpc) is 2.59. The smallest absolute Gasteiger partial charge is 0.124 e. The Hall–Kier alpha value is -1.51. The van der Waals surface area contributed by atoms with Gasteiger partial charge in [0.2, 0.25) is 0 Å². The minimum absolute atomic E-state index is 0.839. The fourth-order valence-electron chi connectivity index (χ4n) is 2.05. The predicted octanol–water partition coefficient (Wildman–Crippen LogP) is 2.20. The minimum atomic E-state index is 0.839. The van der Waals surface area contributed by atoms with E-state index < -0.39 is 0 Å². The third-order valence-corrected chi connectivity index (χ3v) is 2.67. The fourth-order valence-corrected chi connectivity index (χ4v) is 2.05. The molecular formula is C11H12N2O. The topological polar surface area (TPSA) is 37.9 Å². The highest BCUT2D eigenvalue weighted by atomic mass is 16.5. The molecule has 0 unspecified atom stereocenters. The van der Waals surface area contributed by atoms with Gasteiger partial charge >= 0.3 is 0 Å². The molecule has 0 atom stereocenters. The van der Waals surface area contributed by atoms with Crippen LogP contribution in [0.5, 0.6) is 5.75 Å². The highest BCUT2D eigenvalue weighted by Crippen LogP contribution is 2.30. The van der Waals surface area contributed by atoms with Gasteiger partial charge in [-0.3, -0.25) is 0 Å². The summed E-state index contributed by atoms with van der Waals surface area (Å²) >= 11 is 0. The zero-order valence-electron chi connectivity index (χ0n) is 8.13. The van der Waals surface area contributed by atoms with Crippen LogP contribution in [0.4, 0.5) is 0 Å². The first-order chi connectivity index (χ1) is 6.84. The SMILES string of the molecule is Cc1nc2ccc3c(c2[nH]1)CCCO3. The van der Waals surface area contributed by atoms with Crippen LogP contribution < -0.4 is 4.74 Å². The Morgan fingerprint density at radius 2 is 2.36 bits per heavy atom. The number of aryl methyl sites for hydroxylation is 2. The van der Waals surface area contributed by atoms with Gasteiger partial charge in [0.25, 0.3) is 0 Å². The van der Waals surface area contributed by atoms with Crippen molar-refractivity contribution < 1.29 is 4.74 Å². The number of H-pyrrole nitrogens is 1. The van der Waals surface area contributed by atoms with Crippen LogP contribution in [0.15, 0.2) is 12.1 Å². The standard InChI is InChI=1S/C11H12N2O/c1-7-12-9-4-5-10-8(11(9)13-7)3-2-6-14-10/h4-5H,2-3,6H2,1H3,(H,12,13). The fraction of sp³-hybridized carbons (Fsp3) is 0.364. The molecule has 72 valence electrons. The van der Waals surface area contributed by atoms with Crippen molar-refractivity contribution in [2.75, 3.05) is 6.61 Å². The third kappa shape index (κ3) is 1.02. The van der Waals surface area contributed by atoms with Gasteiger partial charge in [-0.1, -0.05) is 0 Å². The van der Waals surface area contributed by atoms with E-state index in [2.05, 4.69) is 9.97 Å². The van der Waals surface area contributed by atoms with Crippen molar-refractivity contribution in [2.45, 2.75) is 19.8 Å². The number of ether oxygens (including phenoxy) is 1. The number of imidazole rings is 1. The van der Waals surface area contributed by atoms with E-state index in [0.717, 1.165) is 42.1 Å². The van der Waals surface area contributed by atoms with Gasteiger partial charge < -0.3 is 9.72 Å². The molecule has 0 radical (unpaired) electrons. The molecule has 3 heteroatoms. The third-order valence-electron chi connectivity index (χ3n) is 2.67. The van der Waals surface area contributed by atoms with Gasteiger partial charge in [-0.05, 0) is 31.9 Å². The summed E-state index contributed by atoms with van der Waals surface area (Å²) in [4.78, 5) is 7.71. The summed E-state index contributed by atoms with van der Waals surface area (Å²) in [6, 6.07) is 4.04. The number of rotatable bonds is 0. The second-order valence-electron chi connectivity index (χ2n) is 3.71. The molecule has 0 bridgehead atoms. The molecule has 14 heavy (non-hydrogen) atoms. The van der Waals surface area contributed by atoms with Gasteiger partial charge in [0, 0.05) is 5.56 Å². The first-order valence-corrected chi connectivity index (χ1v) is 4.95. The normalized spacial score (nSPS) is 15.2. The van der Waals surface area contributed by atoms with Crippen LogP contribution in [-0.4, -0.2) is 16.6 Å². The van der Waals surface area contributed by atoms with Crippen molar-refractivity contribution in [1.82, 2.24) is 9.97 Å². The molecule has 0 spiro atoms. The lowest BCUT2D eigenvalue weighted by Gasteiger charge is -2.16. The van der Waals surface area contributed by atoms with Crippen molar-refractivity contribution in [3.63, 3.8) is 0 Å². The average molecular weight is 188 g/mol. The highest BCUT2D eigenvalue weighted by Gasteiger charge is 2.14. The van der Waals surface area contributed by atoms with Gasteiger partial charge in [-0.15, -0.1) is 0 Å². The molecular weight excluding hydrogens is 176 g/mol. The van der Waals surface area contributed by atoms with Crippen LogP contribution >= 0.6 is 0 Å². The Bertz CT molecular complexity index is 487. The van der Waals surface area contributed by atoms with Gasteiger partial charge in [-0.25, -0.2) is 4.98 Å². The summed E-state index contributed by atoms with van der Waals surface area (Å²) in [5.74, 6) is 1.99. The molecule has 0 saturated carbocycles. The summed E-state index contributed by atoms with van der Waals surface area (Å²) in [7, 11) is 0.